The molecule has 0 unspecified atom stereocenters. The van der Waals surface area contributed by atoms with Crippen molar-refractivity contribution in [3.8, 4) is 0 Å². The minimum absolute atomic E-state index is 0.227. The number of benzene rings is 1. The summed E-state index contributed by atoms with van der Waals surface area (Å²) < 4.78 is 33.5. The van der Waals surface area contributed by atoms with Crippen molar-refractivity contribution in [2.45, 2.75) is 57.0 Å². The number of carbonyl (C=O) groups excluding carboxylic acids is 1. The van der Waals surface area contributed by atoms with Crippen LogP contribution in [0.4, 0.5) is 0 Å². The first-order chi connectivity index (χ1) is 12.2. The minimum Gasteiger partial charge on any atom is -0.460 e. The fourth-order valence-corrected chi connectivity index (χ4v) is 5.68. The molecule has 1 aromatic heterocycles. The summed E-state index contributed by atoms with van der Waals surface area (Å²) in [5.74, 6) is -0.276. The Bertz CT molecular complexity index is 907. The van der Waals surface area contributed by atoms with Crippen LogP contribution in [0.3, 0.4) is 0 Å². The number of nitrogens with zero attached hydrogens (tertiary/aromatic N) is 2. The molecule has 142 valence electrons. The van der Waals surface area contributed by atoms with Crippen LogP contribution in [-0.4, -0.2) is 42.4 Å². The summed E-state index contributed by atoms with van der Waals surface area (Å²) in [5, 5.41) is 0.745. The van der Waals surface area contributed by atoms with Gasteiger partial charge in [0, 0.05) is 19.5 Å². The van der Waals surface area contributed by atoms with Crippen molar-refractivity contribution >= 4 is 37.5 Å². The van der Waals surface area contributed by atoms with Crippen LogP contribution in [0.15, 0.2) is 23.1 Å². The molecule has 26 heavy (non-hydrogen) atoms. The Labute approximate surface area is 158 Å². The Hall–Kier alpha value is -1.51. The lowest BCUT2D eigenvalue weighted by atomic mass is 10.2. The van der Waals surface area contributed by atoms with E-state index in [0.717, 1.165) is 22.5 Å². The lowest BCUT2D eigenvalue weighted by molar-refractivity contribution is -0.154. The molecule has 1 saturated heterocycles. The monoisotopic (exact) mass is 396 g/mol. The van der Waals surface area contributed by atoms with Crippen LogP contribution in [0.2, 0.25) is 0 Å². The Kier molecular flexibility index (Phi) is 5.37. The lowest BCUT2D eigenvalue weighted by Crippen LogP contribution is -2.28. The van der Waals surface area contributed by atoms with Gasteiger partial charge in [-0.2, -0.15) is 4.31 Å². The predicted molar refractivity (Wildman–Crippen MR) is 102 cm³/mol. The molecular formula is C18H24N2O4S2. The maximum atomic E-state index is 12.9. The number of aryl methyl sites for hydroxylation is 1. The summed E-state index contributed by atoms with van der Waals surface area (Å²) in [7, 11) is -3.52. The van der Waals surface area contributed by atoms with Gasteiger partial charge in [-0.3, -0.25) is 4.79 Å². The second kappa shape index (κ2) is 7.25. The van der Waals surface area contributed by atoms with Gasteiger partial charge in [0.15, 0.2) is 0 Å². The highest BCUT2D eigenvalue weighted by atomic mass is 32.2. The van der Waals surface area contributed by atoms with E-state index in [1.807, 2.05) is 26.8 Å². The largest absolute Gasteiger partial charge is 0.460 e. The molecule has 1 aliphatic heterocycles. The third kappa shape index (κ3) is 4.24. The maximum Gasteiger partial charge on any atom is 0.306 e. The first kappa shape index (κ1) is 19.3. The third-order valence-corrected chi connectivity index (χ3v) is 7.08. The topological polar surface area (TPSA) is 76.6 Å². The number of esters is 1. The van der Waals surface area contributed by atoms with Gasteiger partial charge in [0.2, 0.25) is 10.0 Å². The van der Waals surface area contributed by atoms with Crippen LogP contribution < -0.4 is 0 Å². The van der Waals surface area contributed by atoms with Crippen molar-refractivity contribution in [1.29, 1.82) is 0 Å². The Morgan fingerprint density at radius 2 is 1.96 bits per heavy atom. The second-order valence-corrected chi connectivity index (χ2v) is 10.4. The van der Waals surface area contributed by atoms with Crippen molar-refractivity contribution in [1.82, 2.24) is 9.29 Å². The van der Waals surface area contributed by atoms with Gasteiger partial charge in [-0.25, -0.2) is 13.4 Å². The molecule has 2 aromatic rings. The van der Waals surface area contributed by atoms with Gasteiger partial charge in [0.25, 0.3) is 0 Å². The Morgan fingerprint density at radius 3 is 2.62 bits per heavy atom. The smallest absolute Gasteiger partial charge is 0.306 e. The van der Waals surface area contributed by atoms with E-state index in [4.69, 9.17) is 4.74 Å². The van der Waals surface area contributed by atoms with E-state index in [1.165, 1.54) is 15.6 Å². The number of carbonyl (C=O) groups is 1. The van der Waals surface area contributed by atoms with Crippen LogP contribution in [0.5, 0.6) is 0 Å². The second-order valence-electron chi connectivity index (χ2n) is 7.41. The number of para-hydroxylation sites is 1. The fourth-order valence-electron chi connectivity index (χ4n) is 2.95. The van der Waals surface area contributed by atoms with Gasteiger partial charge < -0.3 is 4.74 Å². The number of thiazole rings is 1. The van der Waals surface area contributed by atoms with Crippen LogP contribution in [0.25, 0.3) is 10.2 Å². The molecule has 0 N–H and O–H groups in total. The SMILES string of the molecule is CC(C)(C)OC(=O)CCc1nc2c(S(=O)(=O)N3CCCC3)cccc2s1. The normalized spacial score (nSPS) is 16.3. The molecule has 0 atom stereocenters. The predicted octanol–water partition coefficient (Wildman–Crippen LogP) is 3.36. The molecule has 0 radical (unpaired) electrons. The average Bonchev–Trinajstić information content (AvgIpc) is 3.20. The molecular weight excluding hydrogens is 372 g/mol. The maximum absolute atomic E-state index is 12.9. The van der Waals surface area contributed by atoms with Crippen molar-refractivity contribution in [2.75, 3.05) is 13.1 Å². The molecule has 2 heterocycles. The third-order valence-electron chi connectivity index (χ3n) is 4.07. The molecule has 0 amide bonds. The summed E-state index contributed by atoms with van der Waals surface area (Å²) in [6.45, 7) is 6.62. The zero-order valence-electron chi connectivity index (χ0n) is 15.3. The van der Waals surface area contributed by atoms with Crippen molar-refractivity contribution in [2.24, 2.45) is 0 Å². The van der Waals surface area contributed by atoms with Crippen LogP contribution in [0.1, 0.15) is 45.0 Å². The molecule has 1 aliphatic rings. The van der Waals surface area contributed by atoms with E-state index in [0.29, 0.717) is 25.0 Å². The standard InChI is InChI=1S/C18H24N2O4S2/c1-18(2,3)24-16(21)10-9-15-19-17-13(25-15)7-6-8-14(17)26(22,23)20-11-4-5-12-20/h6-8H,4-5,9-12H2,1-3H3. The highest BCUT2D eigenvalue weighted by molar-refractivity contribution is 7.89. The van der Waals surface area contributed by atoms with E-state index < -0.39 is 15.6 Å². The first-order valence-electron chi connectivity index (χ1n) is 8.77. The molecule has 1 fully saturated rings. The Morgan fingerprint density at radius 1 is 1.27 bits per heavy atom. The molecule has 0 spiro atoms. The van der Waals surface area contributed by atoms with Gasteiger partial charge in [-0.05, 0) is 45.7 Å². The molecule has 0 bridgehead atoms. The van der Waals surface area contributed by atoms with Crippen molar-refractivity contribution in [3.05, 3.63) is 23.2 Å². The number of ether oxygens (including phenoxy) is 1. The van der Waals surface area contributed by atoms with E-state index >= 15 is 0 Å². The van der Waals surface area contributed by atoms with Gasteiger partial charge >= 0.3 is 5.97 Å². The number of fused-ring (bicyclic) bond motifs is 1. The number of sulfonamides is 1. The van der Waals surface area contributed by atoms with Gasteiger partial charge in [0.05, 0.1) is 16.1 Å². The summed E-state index contributed by atoms with van der Waals surface area (Å²) in [5.41, 5.74) is -0.00893. The lowest BCUT2D eigenvalue weighted by Gasteiger charge is -2.19. The van der Waals surface area contributed by atoms with Crippen molar-refractivity contribution < 1.29 is 17.9 Å². The van der Waals surface area contributed by atoms with E-state index in [9.17, 15) is 13.2 Å². The highest BCUT2D eigenvalue weighted by Gasteiger charge is 2.29. The quantitative estimate of drug-likeness (QED) is 0.725. The number of hydrogen-bond acceptors (Lipinski definition) is 6. The van der Waals surface area contributed by atoms with Crippen LogP contribution in [0, 0.1) is 0 Å². The molecule has 3 rings (SSSR count). The summed E-state index contributed by atoms with van der Waals surface area (Å²) in [4.78, 5) is 16.7. The molecule has 0 aliphatic carbocycles. The first-order valence-corrected chi connectivity index (χ1v) is 11.0. The van der Waals surface area contributed by atoms with E-state index in [2.05, 4.69) is 4.98 Å². The van der Waals surface area contributed by atoms with Gasteiger partial charge in [-0.15, -0.1) is 11.3 Å². The average molecular weight is 397 g/mol. The number of rotatable bonds is 5. The van der Waals surface area contributed by atoms with Gasteiger partial charge in [0.1, 0.15) is 16.0 Å². The Balaban J connectivity index is 1.82. The van der Waals surface area contributed by atoms with Crippen LogP contribution in [-0.2, 0) is 26.0 Å². The molecule has 6 nitrogen and oxygen atoms in total. The molecule has 8 heteroatoms. The van der Waals surface area contributed by atoms with Gasteiger partial charge in [-0.1, -0.05) is 6.07 Å². The summed E-state index contributed by atoms with van der Waals surface area (Å²) >= 11 is 1.43. The highest BCUT2D eigenvalue weighted by Crippen LogP contribution is 2.31. The molecule has 0 saturated carbocycles. The summed E-state index contributed by atoms with van der Waals surface area (Å²) in [6.07, 6.45) is 2.46. The van der Waals surface area contributed by atoms with Crippen LogP contribution >= 0.6 is 11.3 Å². The minimum atomic E-state index is -3.52. The molecule has 1 aromatic carbocycles. The fraction of sp³-hybridized carbons (Fsp3) is 0.556. The number of hydrogen-bond donors (Lipinski definition) is 0. The zero-order chi connectivity index (χ0) is 18.9. The van der Waals surface area contributed by atoms with E-state index in [1.54, 1.807) is 12.1 Å². The van der Waals surface area contributed by atoms with Crippen molar-refractivity contribution in [3.63, 3.8) is 0 Å². The number of aromatic nitrogens is 1. The summed E-state index contributed by atoms with van der Waals surface area (Å²) in [6, 6.07) is 5.24. The zero-order valence-corrected chi connectivity index (χ0v) is 17.0. The van der Waals surface area contributed by atoms with E-state index in [-0.39, 0.29) is 17.3 Å².